The minimum Gasteiger partial charge on any atom is -0.275 e. The Morgan fingerprint density at radius 2 is 2.26 bits per heavy atom. The summed E-state index contributed by atoms with van der Waals surface area (Å²) in [6.45, 7) is 1.90. The van der Waals surface area contributed by atoms with E-state index in [1.165, 1.54) is 6.07 Å². The topological polar surface area (TPSA) is 55.9 Å². The lowest BCUT2D eigenvalue weighted by Crippen LogP contribution is -2.30. The van der Waals surface area contributed by atoms with Crippen molar-refractivity contribution in [2.24, 2.45) is 12.9 Å². The van der Waals surface area contributed by atoms with Crippen LogP contribution >= 0.6 is 11.6 Å². The zero-order valence-electron chi connectivity index (χ0n) is 10.8. The number of nitrogens with two attached hydrogens (primary N) is 1. The number of benzene rings is 1. The highest BCUT2D eigenvalue weighted by atomic mass is 35.5. The molecule has 1 atom stereocenters. The van der Waals surface area contributed by atoms with Crippen molar-refractivity contribution in [3.05, 3.63) is 52.1 Å². The maximum Gasteiger partial charge on any atom is 0.145 e. The number of nitrogens with one attached hydrogen (secondary N) is 1. The van der Waals surface area contributed by atoms with Gasteiger partial charge in [0, 0.05) is 18.8 Å². The Bertz CT molecular complexity index is 582. The fourth-order valence-corrected chi connectivity index (χ4v) is 2.34. The lowest BCUT2D eigenvalue weighted by Gasteiger charge is -2.16. The van der Waals surface area contributed by atoms with Crippen molar-refractivity contribution in [3.8, 4) is 0 Å². The standard InChI is InChI=1S/C13H16ClFN4/c1-8-10(7-19(2)18-8)12(17-16)6-9-4-3-5-11(14)13(9)15/h3-5,7,12,17H,6,16H2,1-2H3. The second-order valence-electron chi connectivity index (χ2n) is 4.48. The van der Waals surface area contributed by atoms with Crippen LogP contribution in [0.15, 0.2) is 24.4 Å². The Balaban J connectivity index is 2.29. The van der Waals surface area contributed by atoms with Gasteiger partial charge >= 0.3 is 0 Å². The van der Waals surface area contributed by atoms with Crippen LogP contribution in [0, 0.1) is 12.7 Å². The average Bonchev–Trinajstić information content (AvgIpc) is 2.70. The smallest absolute Gasteiger partial charge is 0.145 e. The molecule has 19 heavy (non-hydrogen) atoms. The molecule has 0 saturated carbocycles. The number of hydrogen-bond donors (Lipinski definition) is 2. The van der Waals surface area contributed by atoms with Crippen molar-refractivity contribution < 1.29 is 4.39 Å². The van der Waals surface area contributed by atoms with Gasteiger partial charge < -0.3 is 0 Å². The third kappa shape index (κ3) is 2.94. The van der Waals surface area contributed by atoms with E-state index in [2.05, 4.69) is 10.5 Å². The fourth-order valence-electron chi connectivity index (χ4n) is 2.14. The maximum absolute atomic E-state index is 13.9. The van der Waals surface area contributed by atoms with Gasteiger partial charge in [-0.15, -0.1) is 0 Å². The van der Waals surface area contributed by atoms with Gasteiger partial charge in [-0.25, -0.2) is 4.39 Å². The van der Waals surface area contributed by atoms with E-state index in [9.17, 15) is 4.39 Å². The van der Waals surface area contributed by atoms with Gasteiger partial charge in [-0.3, -0.25) is 16.0 Å². The molecule has 1 unspecified atom stereocenters. The van der Waals surface area contributed by atoms with Crippen LogP contribution in [-0.2, 0) is 13.5 Å². The molecule has 0 aliphatic rings. The van der Waals surface area contributed by atoms with Gasteiger partial charge in [-0.2, -0.15) is 5.10 Å². The molecule has 6 heteroatoms. The number of hydrogen-bond acceptors (Lipinski definition) is 3. The Morgan fingerprint density at radius 3 is 2.84 bits per heavy atom. The normalized spacial score (nSPS) is 12.7. The summed E-state index contributed by atoms with van der Waals surface area (Å²) in [4.78, 5) is 0. The van der Waals surface area contributed by atoms with E-state index < -0.39 is 5.82 Å². The highest BCUT2D eigenvalue weighted by molar-refractivity contribution is 6.30. The van der Waals surface area contributed by atoms with Crippen molar-refractivity contribution in [3.63, 3.8) is 0 Å². The molecule has 0 fully saturated rings. The summed E-state index contributed by atoms with van der Waals surface area (Å²) in [5.74, 6) is 5.18. The molecule has 1 aromatic heterocycles. The van der Waals surface area contributed by atoms with Crippen LogP contribution < -0.4 is 11.3 Å². The van der Waals surface area contributed by atoms with Crippen LogP contribution in [0.5, 0.6) is 0 Å². The van der Waals surface area contributed by atoms with E-state index in [1.54, 1.807) is 16.8 Å². The fraction of sp³-hybridized carbons (Fsp3) is 0.308. The Kier molecular flexibility index (Phi) is 4.19. The zero-order chi connectivity index (χ0) is 14.0. The second kappa shape index (κ2) is 5.69. The summed E-state index contributed by atoms with van der Waals surface area (Å²) < 4.78 is 15.6. The van der Waals surface area contributed by atoms with Gasteiger partial charge in [0.2, 0.25) is 0 Å². The highest BCUT2D eigenvalue weighted by Crippen LogP contribution is 2.24. The molecule has 1 heterocycles. The Morgan fingerprint density at radius 1 is 1.53 bits per heavy atom. The van der Waals surface area contributed by atoms with Crippen molar-refractivity contribution in [1.82, 2.24) is 15.2 Å². The number of hydrazine groups is 1. The van der Waals surface area contributed by atoms with Gasteiger partial charge in [-0.1, -0.05) is 23.7 Å². The third-order valence-corrected chi connectivity index (χ3v) is 3.38. The largest absolute Gasteiger partial charge is 0.275 e. The molecule has 2 aromatic rings. The predicted molar refractivity (Wildman–Crippen MR) is 73.1 cm³/mol. The quantitative estimate of drug-likeness (QED) is 0.668. The number of aryl methyl sites for hydroxylation is 2. The first-order chi connectivity index (χ1) is 9.02. The monoisotopic (exact) mass is 282 g/mol. The number of aromatic nitrogens is 2. The summed E-state index contributed by atoms with van der Waals surface area (Å²) >= 11 is 5.78. The minimum atomic E-state index is -0.397. The van der Waals surface area contributed by atoms with Crippen molar-refractivity contribution in [2.45, 2.75) is 19.4 Å². The van der Waals surface area contributed by atoms with Gasteiger partial charge in [0.25, 0.3) is 0 Å². The molecule has 2 rings (SSSR count). The minimum absolute atomic E-state index is 0.121. The SMILES string of the molecule is Cc1nn(C)cc1C(Cc1cccc(Cl)c1F)NN. The second-order valence-corrected chi connectivity index (χ2v) is 4.89. The summed E-state index contributed by atoms with van der Waals surface area (Å²) in [5, 5.41) is 4.38. The molecule has 0 aliphatic carbocycles. The molecule has 0 radical (unpaired) electrons. The lowest BCUT2D eigenvalue weighted by molar-refractivity contribution is 0.527. The zero-order valence-corrected chi connectivity index (χ0v) is 11.6. The van der Waals surface area contributed by atoms with Crippen molar-refractivity contribution in [2.75, 3.05) is 0 Å². The first kappa shape index (κ1) is 14.0. The molecule has 0 amide bonds. The van der Waals surface area contributed by atoms with Crippen LogP contribution in [0.2, 0.25) is 5.02 Å². The van der Waals surface area contributed by atoms with Crippen LogP contribution in [0.4, 0.5) is 4.39 Å². The van der Waals surface area contributed by atoms with E-state index in [1.807, 2.05) is 20.2 Å². The summed E-state index contributed by atoms with van der Waals surface area (Å²) in [6, 6.07) is 4.75. The molecule has 102 valence electrons. The number of nitrogens with zero attached hydrogens (tertiary/aromatic N) is 2. The van der Waals surface area contributed by atoms with Gasteiger partial charge in [0.1, 0.15) is 5.82 Å². The molecule has 0 bridgehead atoms. The summed E-state index contributed by atoms with van der Waals surface area (Å²) in [7, 11) is 1.84. The molecule has 1 aromatic carbocycles. The number of rotatable bonds is 4. The molecule has 0 aliphatic heterocycles. The van der Waals surface area contributed by atoms with Crippen molar-refractivity contribution >= 4 is 11.6 Å². The molecule has 4 nitrogen and oxygen atoms in total. The van der Waals surface area contributed by atoms with Crippen molar-refractivity contribution in [1.29, 1.82) is 0 Å². The highest BCUT2D eigenvalue weighted by Gasteiger charge is 2.18. The van der Waals surface area contributed by atoms with Crippen LogP contribution in [0.3, 0.4) is 0 Å². The van der Waals surface area contributed by atoms with Gasteiger partial charge in [0.05, 0.1) is 16.8 Å². The summed E-state index contributed by atoms with van der Waals surface area (Å²) in [5.41, 5.74) is 5.05. The maximum atomic E-state index is 13.9. The van der Waals surface area contributed by atoms with E-state index >= 15 is 0 Å². The van der Waals surface area contributed by atoms with E-state index in [-0.39, 0.29) is 11.1 Å². The molecule has 0 saturated heterocycles. The average molecular weight is 283 g/mol. The Labute approximate surface area is 116 Å². The van der Waals surface area contributed by atoms with E-state index in [0.29, 0.717) is 12.0 Å². The van der Waals surface area contributed by atoms with E-state index in [0.717, 1.165) is 11.3 Å². The number of halogens is 2. The molecule has 0 spiro atoms. The van der Waals surface area contributed by atoms with E-state index in [4.69, 9.17) is 17.4 Å². The predicted octanol–water partition coefficient (Wildman–Crippen LogP) is 2.27. The van der Waals surface area contributed by atoms with Gasteiger partial charge in [0.15, 0.2) is 0 Å². The molecular weight excluding hydrogens is 267 g/mol. The first-order valence-electron chi connectivity index (χ1n) is 5.92. The van der Waals surface area contributed by atoms with Crippen LogP contribution in [-0.4, -0.2) is 9.78 Å². The van der Waals surface area contributed by atoms with Crippen LogP contribution in [0.25, 0.3) is 0 Å². The Hall–Kier alpha value is -1.43. The van der Waals surface area contributed by atoms with Gasteiger partial charge in [-0.05, 0) is 25.0 Å². The summed E-state index contributed by atoms with van der Waals surface area (Å²) in [6.07, 6.45) is 2.29. The molecule has 3 N–H and O–H groups in total. The molecular formula is C13H16ClFN4. The van der Waals surface area contributed by atoms with Crippen LogP contribution in [0.1, 0.15) is 22.9 Å². The first-order valence-corrected chi connectivity index (χ1v) is 6.30. The lowest BCUT2D eigenvalue weighted by atomic mass is 10.00. The third-order valence-electron chi connectivity index (χ3n) is 3.08.